The molecular formula is C13H20N2O3. The van der Waals surface area contributed by atoms with Crippen LogP contribution in [0.5, 0.6) is 0 Å². The Hall–Kier alpha value is -1.26. The van der Waals surface area contributed by atoms with Crippen molar-refractivity contribution in [3.63, 3.8) is 0 Å². The molecule has 0 aromatic rings. The molecule has 0 spiro atoms. The number of carboxylic acids is 1. The summed E-state index contributed by atoms with van der Waals surface area (Å²) >= 11 is 0. The van der Waals surface area contributed by atoms with Crippen LogP contribution < -0.4 is 5.32 Å². The first kappa shape index (κ1) is 11.8. The Morgan fingerprint density at radius 1 is 1.11 bits per heavy atom. The maximum absolute atomic E-state index is 12.3. The molecule has 100 valence electrons. The number of nitrogens with zero attached hydrogens (tertiary/aromatic N) is 1. The van der Waals surface area contributed by atoms with Crippen LogP contribution in [0.2, 0.25) is 0 Å². The highest BCUT2D eigenvalue weighted by Gasteiger charge is 2.51. The second kappa shape index (κ2) is 4.44. The predicted molar refractivity (Wildman–Crippen MR) is 65.2 cm³/mol. The van der Waals surface area contributed by atoms with E-state index in [1.807, 2.05) is 4.90 Å². The van der Waals surface area contributed by atoms with Crippen molar-refractivity contribution in [1.29, 1.82) is 0 Å². The van der Waals surface area contributed by atoms with Gasteiger partial charge in [0.25, 0.3) is 0 Å². The summed E-state index contributed by atoms with van der Waals surface area (Å²) in [6, 6.07) is 0.352. The Morgan fingerprint density at radius 3 is 2.44 bits per heavy atom. The van der Waals surface area contributed by atoms with Crippen molar-refractivity contribution in [2.75, 3.05) is 0 Å². The first-order valence-electron chi connectivity index (χ1n) is 6.98. The molecule has 1 saturated carbocycles. The molecule has 2 N–H and O–H groups in total. The number of fused-ring (bicyclic) bond motifs is 2. The van der Waals surface area contributed by atoms with E-state index < -0.39 is 5.97 Å². The van der Waals surface area contributed by atoms with Crippen LogP contribution in [0.25, 0.3) is 0 Å². The van der Waals surface area contributed by atoms with Crippen LogP contribution in [0, 0.1) is 5.92 Å². The summed E-state index contributed by atoms with van der Waals surface area (Å²) in [6.45, 7) is 0. The Bertz CT molecular complexity index is 365. The van der Waals surface area contributed by atoms with E-state index in [4.69, 9.17) is 5.11 Å². The molecular weight excluding hydrogens is 232 g/mol. The van der Waals surface area contributed by atoms with E-state index in [1.54, 1.807) is 0 Å². The van der Waals surface area contributed by atoms with Gasteiger partial charge >= 0.3 is 12.0 Å². The molecule has 2 heterocycles. The van der Waals surface area contributed by atoms with Crippen molar-refractivity contribution in [2.45, 2.75) is 63.1 Å². The number of aliphatic carboxylic acids is 1. The molecule has 18 heavy (non-hydrogen) atoms. The summed E-state index contributed by atoms with van der Waals surface area (Å²) < 4.78 is 0. The summed E-state index contributed by atoms with van der Waals surface area (Å²) in [4.78, 5) is 25.2. The minimum atomic E-state index is -0.749. The lowest BCUT2D eigenvalue weighted by Crippen LogP contribution is -2.47. The number of carbonyl (C=O) groups is 2. The van der Waals surface area contributed by atoms with Gasteiger partial charge in [-0.3, -0.25) is 4.79 Å². The van der Waals surface area contributed by atoms with Gasteiger partial charge in [-0.15, -0.1) is 0 Å². The molecule has 2 saturated heterocycles. The van der Waals surface area contributed by atoms with Crippen molar-refractivity contribution < 1.29 is 14.7 Å². The van der Waals surface area contributed by atoms with E-state index >= 15 is 0 Å². The zero-order valence-corrected chi connectivity index (χ0v) is 10.5. The largest absolute Gasteiger partial charge is 0.481 e. The van der Waals surface area contributed by atoms with E-state index in [9.17, 15) is 9.59 Å². The van der Waals surface area contributed by atoms with Crippen molar-refractivity contribution in [3.05, 3.63) is 0 Å². The van der Waals surface area contributed by atoms with Gasteiger partial charge in [-0.2, -0.15) is 0 Å². The van der Waals surface area contributed by atoms with Crippen LogP contribution in [0.15, 0.2) is 0 Å². The van der Waals surface area contributed by atoms with Gasteiger partial charge in [-0.1, -0.05) is 12.8 Å². The molecule has 0 radical (unpaired) electrons. The summed E-state index contributed by atoms with van der Waals surface area (Å²) in [6.07, 6.45) is 6.96. The lowest BCUT2D eigenvalue weighted by molar-refractivity contribution is -0.142. The third-order valence-electron chi connectivity index (χ3n) is 4.77. The summed E-state index contributed by atoms with van der Waals surface area (Å²) in [7, 11) is 0. The van der Waals surface area contributed by atoms with E-state index in [2.05, 4.69) is 5.32 Å². The number of rotatable bonds is 2. The molecule has 5 nitrogen and oxygen atoms in total. The van der Waals surface area contributed by atoms with Crippen molar-refractivity contribution in [2.24, 2.45) is 5.92 Å². The Kier molecular flexibility index (Phi) is 2.92. The fraction of sp³-hybridized carbons (Fsp3) is 0.846. The van der Waals surface area contributed by atoms with Crippen molar-refractivity contribution >= 4 is 12.0 Å². The van der Waals surface area contributed by atoms with Gasteiger partial charge in [-0.25, -0.2) is 4.79 Å². The fourth-order valence-electron chi connectivity index (χ4n) is 3.89. The molecule has 3 atom stereocenters. The zero-order chi connectivity index (χ0) is 12.7. The van der Waals surface area contributed by atoms with Gasteiger partial charge in [0.15, 0.2) is 0 Å². The Morgan fingerprint density at radius 2 is 1.83 bits per heavy atom. The number of hydrogen-bond acceptors (Lipinski definition) is 2. The summed E-state index contributed by atoms with van der Waals surface area (Å²) in [5.41, 5.74) is 0. The number of urea groups is 1. The lowest BCUT2D eigenvalue weighted by atomic mass is 9.89. The minimum Gasteiger partial charge on any atom is -0.481 e. The van der Waals surface area contributed by atoms with Crippen LogP contribution in [-0.2, 0) is 4.79 Å². The topological polar surface area (TPSA) is 69.6 Å². The SMILES string of the molecule is O=C(O)C1CC2CCC1N2C(=O)NC1CCCC1. The first-order valence-corrected chi connectivity index (χ1v) is 6.98. The molecule has 3 fully saturated rings. The van der Waals surface area contributed by atoms with Gasteiger partial charge in [0.2, 0.25) is 0 Å². The number of carboxylic acid groups (broad SMARTS) is 1. The van der Waals surface area contributed by atoms with E-state index in [-0.39, 0.29) is 24.0 Å². The van der Waals surface area contributed by atoms with Gasteiger partial charge in [0.1, 0.15) is 0 Å². The van der Waals surface area contributed by atoms with Crippen molar-refractivity contribution in [1.82, 2.24) is 10.2 Å². The highest BCUT2D eigenvalue weighted by molar-refractivity contribution is 5.79. The average molecular weight is 252 g/mol. The normalized spacial score (nSPS) is 35.1. The molecule has 2 aliphatic heterocycles. The lowest BCUT2D eigenvalue weighted by Gasteiger charge is -2.25. The van der Waals surface area contributed by atoms with Gasteiger partial charge in [0.05, 0.1) is 5.92 Å². The van der Waals surface area contributed by atoms with E-state index in [0.29, 0.717) is 12.5 Å². The van der Waals surface area contributed by atoms with Crippen LogP contribution in [0.3, 0.4) is 0 Å². The van der Waals surface area contributed by atoms with Crippen LogP contribution in [0.1, 0.15) is 44.9 Å². The number of amides is 2. The molecule has 5 heteroatoms. The highest BCUT2D eigenvalue weighted by atomic mass is 16.4. The van der Waals surface area contributed by atoms with Crippen molar-refractivity contribution in [3.8, 4) is 0 Å². The molecule has 3 rings (SSSR count). The van der Waals surface area contributed by atoms with Crippen LogP contribution in [0.4, 0.5) is 4.79 Å². The smallest absolute Gasteiger partial charge is 0.318 e. The number of nitrogens with one attached hydrogen (secondary N) is 1. The number of carbonyl (C=O) groups excluding carboxylic acids is 1. The van der Waals surface area contributed by atoms with E-state index in [1.165, 1.54) is 12.8 Å². The first-order chi connectivity index (χ1) is 8.66. The van der Waals surface area contributed by atoms with Crippen LogP contribution >= 0.6 is 0 Å². The molecule has 3 unspecified atom stereocenters. The standard InChI is InChI=1S/C13H20N2O3/c16-12(17)10-7-9-5-6-11(10)15(9)13(18)14-8-3-1-2-4-8/h8-11H,1-7H2,(H,14,18)(H,16,17). The van der Waals surface area contributed by atoms with Crippen LogP contribution in [-0.4, -0.2) is 40.1 Å². The fourth-order valence-corrected chi connectivity index (χ4v) is 3.89. The minimum absolute atomic E-state index is 0.0295. The van der Waals surface area contributed by atoms with Gasteiger partial charge < -0.3 is 15.3 Å². The van der Waals surface area contributed by atoms with Gasteiger partial charge in [0, 0.05) is 18.1 Å². The monoisotopic (exact) mass is 252 g/mol. The molecule has 0 aromatic heterocycles. The molecule has 3 aliphatic rings. The predicted octanol–water partition coefficient (Wildman–Crippen LogP) is 1.58. The third-order valence-corrected chi connectivity index (χ3v) is 4.77. The Balaban J connectivity index is 1.65. The quantitative estimate of drug-likeness (QED) is 0.784. The average Bonchev–Trinajstić information content (AvgIpc) is 3.02. The summed E-state index contributed by atoms with van der Waals surface area (Å²) in [5, 5.41) is 12.2. The number of hydrogen-bond donors (Lipinski definition) is 2. The summed E-state index contributed by atoms with van der Waals surface area (Å²) in [5.74, 6) is -1.10. The van der Waals surface area contributed by atoms with E-state index in [0.717, 1.165) is 25.7 Å². The molecule has 2 amide bonds. The molecule has 2 bridgehead atoms. The second-order valence-corrected chi connectivity index (χ2v) is 5.82. The molecule has 1 aliphatic carbocycles. The van der Waals surface area contributed by atoms with Gasteiger partial charge in [-0.05, 0) is 32.1 Å². The highest BCUT2D eigenvalue weighted by Crippen LogP contribution is 2.41. The molecule has 0 aromatic carbocycles. The zero-order valence-electron chi connectivity index (χ0n) is 10.5. The second-order valence-electron chi connectivity index (χ2n) is 5.82. The third kappa shape index (κ3) is 1.85. The maximum Gasteiger partial charge on any atom is 0.318 e. The maximum atomic E-state index is 12.3. The Labute approximate surface area is 107 Å².